The summed E-state index contributed by atoms with van der Waals surface area (Å²) in [7, 11) is 1.73. The maximum Gasteiger partial charge on any atom is 0.141 e. The van der Waals surface area contributed by atoms with Gasteiger partial charge >= 0.3 is 0 Å². The van der Waals surface area contributed by atoms with E-state index in [4.69, 9.17) is 9.72 Å². The fraction of sp³-hybridized carbons (Fsp3) is 0.231. The number of para-hydroxylation sites is 1. The molecule has 6 rings (SSSR count). The number of methoxy groups -OCH3 is 1. The number of hydrogen-bond donors (Lipinski definition) is 0. The van der Waals surface area contributed by atoms with Gasteiger partial charge in [-0.2, -0.15) is 5.11 Å². The van der Waals surface area contributed by atoms with E-state index in [1.54, 1.807) is 7.11 Å². The Morgan fingerprint density at radius 3 is 2.52 bits per heavy atom. The molecule has 0 radical (unpaired) electrons. The van der Waals surface area contributed by atoms with Gasteiger partial charge in [-0.25, -0.2) is 4.98 Å². The number of fused-ring (bicyclic) bond motifs is 4. The largest absolute Gasteiger partial charge is 0.383 e. The number of rotatable bonds is 6. The van der Waals surface area contributed by atoms with Crippen molar-refractivity contribution in [3.8, 4) is 11.4 Å². The van der Waals surface area contributed by atoms with Crippen LogP contribution in [0.3, 0.4) is 0 Å². The van der Waals surface area contributed by atoms with Crippen molar-refractivity contribution in [1.82, 2.24) is 14.1 Å². The summed E-state index contributed by atoms with van der Waals surface area (Å²) in [5, 5.41) is 14.4. The summed E-state index contributed by atoms with van der Waals surface area (Å²) < 4.78 is 10.0. The number of imidazole rings is 1. The number of aryl methyl sites for hydroxylation is 1. The van der Waals surface area contributed by atoms with Gasteiger partial charge in [-0.05, 0) is 48.5 Å². The Balaban J connectivity index is 1.55. The van der Waals surface area contributed by atoms with Crippen LogP contribution in [-0.2, 0) is 17.8 Å². The van der Waals surface area contributed by atoms with Gasteiger partial charge in [0.1, 0.15) is 12.4 Å². The van der Waals surface area contributed by atoms with Crippen LogP contribution in [0, 0.1) is 0 Å². The summed E-state index contributed by atoms with van der Waals surface area (Å²) in [6, 6.07) is 21.5. The van der Waals surface area contributed by atoms with Crippen molar-refractivity contribution in [3.05, 3.63) is 66.2 Å². The Kier molecular flexibility index (Phi) is 4.77. The molecule has 0 spiro atoms. The first kappa shape index (κ1) is 19.8. The average molecular weight is 437 g/mol. The van der Waals surface area contributed by atoms with Gasteiger partial charge < -0.3 is 13.9 Å². The molecule has 1 aliphatic rings. The van der Waals surface area contributed by atoms with Gasteiger partial charge in [-0.15, -0.1) is 5.10 Å². The van der Waals surface area contributed by atoms with E-state index in [0.717, 1.165) is 46.8 Å². The molecule has 1 aliphatic heterocycles. The molecule has 7 nitrogen and oxygen atoms in total. The molecule has 33 heavy (non-hydrogen) atoms. The van der Waals surface area contributed by atoms with E-state index >= 15 is 0 Å². The van der Waals surface area contributed by atoms with E-state index in [1.165, 1.54) is 21.8 Å². The standard InChI is InChI=1S/C26H24N6O/c1-3-31-23-7-5-4-6-19(23)20-14-18(9-10-24(20)31)26-28-21-15-17(22-16-27-30-29-22)8-11-25(21)32(26)12-13-33-2/h4-11,14-15H,3,12-13,16H2,1-2H3. The number of ether oxygens (including phenoxy) is 1. The van der Waals surface area contributed by atoms with Crippen molar-refractivity contribution in [3.63, 3.8) is 0 Å². The summed E-state index contributed by atoms with van der Waals surface area (Å²) in [4.78, 5) is 5.07. The number of aromatic nitrogens is 3. The molecule has 3 aromatic carbocycles. The van der Waals surface area contributed by atoms with Gasteiger partial charge in [0.25, 0.3) is 0 Å². The zero-order valence-electron chi connectivity index (χ0n) is 18.7. The highest BCUT2D eigenvalue weighted by atomic mass is 16.5. The topological polar surface area (TPSA) is 69.1 Å². The summed E-state index contributed by atoms with van der Waals surface area (Å²) in [5.74, 6) is 0.942. The molecule has 0 atom stereocenters. The maximum atomic E-state index is 5.41. The van der Waals surface area contributed by atoms with Gasteiger partial charge in [0.05, 0.1) is 23.4 Å². The quantitative estimate of drug-likeness (QED) is 0.345. The number of benzene rings is 3. The van der Waals surface area contributed by atoms with Crippen LogP contribution in [0.2, 0.25) is 0 Å². The normalized spacial score (nSPS) is 13.6. The monoisotopic (exact) mass is 436 g/mol. The molecule has 2 aromatic heterocycles. The van der Waals surface area contributed by atoms with Crippen LogP contribution < -0.4 is 0 Å². The highest BCUT2D eigenvalue weighted by Gasteiger charge is 2.17. The number of hydrogen-bond acceptors (Lipinski definition) is 5. The first-order valence-electron chi connectivity index (χ1n) is 11.2. The molecular formula is C26H24N6O. The van der Waals surface area contributed by atoms with Gasteiger partial charge in [0.2, 0.25) is 0 Å². The molecule has 3 heterocycles. The predicted molar refractivity (Wildman–Crippen MR) is 132 cm³/mol. The minimum Gasteiger partial charge on any atom is -0.383 e. The van der Waals surface area contributed by atoms with Crippen LogP contribution in [0.4, 0.5) is 0 Å². The SMILES string of the molecule is CCn1c2ccccc2c2cc(-c3nc4cc(C5=NN=NC5)ccc4n3CCOC)ccc21. The van der Waals surface area contributed by atoms with Crippen molar-refractivity contribution in [2.45, 2.75) is 20.0 Å². The fourth-order valence-corrected chi connectivity index (χ4v) is 4.84. The smallest absolute Gasteiger partial charge is 0.141 e. The van der Waals surface area contributed by atoms with Crippen LogP contribution in [0.5, 0.6) is 0 Å². The molecular weight excluding hydrogens is 412 g/mol. The van der Waals surface area contributed by atoms with E-state index in [2.05, 4.69) is 92.2 Å². The number of nitrogens with zero attached hydrogens (tertiary/aromatic N) is 6. The molecule has 5 aromatic rings. The van der Waals surface area contributed by atoms with Crippen molar-refractivity contribution in [1.29, 1.82) is 0 Å². The third-order valence-corrected chi connectivity index (χ3v) is 6.40. The molecule has 0 N–H and O–H groups in total. The van der Waals surface area contributed by atoms with Crippen molar-refractivity contribution in [2.24, 2.45) is 15.4 Å². The average Bonchev–Trinajstić information content (AvgIpc) is 3.58. The van der Waals surface area contributed by atoms with E-state index < -0.39 is 0 Å². The minimum absolute atomic E-state index is 0.515. The third kappa shape index (κ3) is 3.15. The molecule has 0 bridgehead atoms. The Morgan fingerprint density at radius 2 is 1.70 bits per heavy atom. The van der Waals surface area contributed by atoms with Crippen LogP contribution in [0.25, 0.3) is 44.2 Å². The lowest BCUT2D eigenvalue weighted by Crippen LogP contribution is -2.06. The molecule has 0 unspecified atom stereocenters. The van der Waals surface area contributed by atoms with Crippen molar-refractivity contribution < 1.29 is 4.74 Å². The van der Waals surface area contributed by atoms with E-state index in [1.807, 2.05) is 0 Å². The third-order valence-electron chi connectivity index (χ3n) is 6.40. The van der Waals surface area contributed by atoms with E-state index in [0.29, 0.717) is 13.2 Å². The lowest BCUT2D eigenvalue weighted by atomic mass is 10.1. The van der Waals surface area contributed by atoms with Gasteiger partial charge in [0.15, 0.2) is 0 Å². The molecule has 0 amide bonds. The Morgan fingerprint density at radius 1 is 0.879 bits per heavy atom. The van der Waals surface area contributed by atoms with Crippen LogP contribution in [0.15, 0.2) is 76.1 Å². The Bertz CT molecular complexity index is 1570. The highest BCUT2D eigenvalue weighted by Crippen LogP contribution is 2.33. The summed E-state index contributed by atoms with van der Waals surface area (Å²) in [6.07, 6.45) is 0. The minimum atomic E-state index is 0.515. The van der Waals surface area contributed by atoms with E-state index in [9.17, 15) is 0 Å². The second-order valence-electron chi connectivity index (χ2n) is 8.21. The Labute approximate surface area is 191 Å². The second kappa shape index (κ2) is 7.94. The Hall–Kier alpha value is -3.84. The van der Waals surface area contributed by atoms with Crippen molar-refractivity contribution >= 4 is 38.6 Å². The molecule has 0 saturated heterocycles. The summed E-state index contributed by atoms with van der Waals surface area (Å²) in [5.41, 5.74) is 7.50. The van der Waals surface area contributed by atoms with Gasteiger partial charge in [0, 0.05) is 53.1 Å². The molecule has 0 fully saturated rings. The first-order chi connectivity index (χ1) is 16.3. The molecule has 0 saturated carbocycles. The summed E-state index contributed by atoms with van der Waals surface area (Å²) >= 11 is 0. The van der Waals surface area contributed by atoms with Crippen LogP contribution >= 0.6 is 0 Å². The first-order valence-corrected chi connectivity index (χ1v) is 11.2. The second-order valence-corrected chi connectivity index (χ2v) is 8.21. The highest BCUT2D eigenvalue weighted by molar-refractivity contribution is 6.09. The van der Waals surface area contributed by atoms with Gasteiger partial charge in [-0.1, -0.05) is 24.3 Å². The fourth-order valence-electron chi connectivity index (χ4n) is 4.84. The molecule has 0 aliphatic carbocycles. The zero-order chi connectivity index (χ0) is 22.4. The molecule has 164 valence electrons. The summed E-state index contributed by atoms with van der Waals surface area (Å²) in [6.45, 7) is 4.97. The predicted octanol–water partition coefficient (Wildman–Crippen LogP) is 5.65. The van der Waals surface area contributed by atoms with Crippen LogP contribution in [-0.4, -0.2) is 40.1 Å². The zero-order valence-corrected chi connectivity index (χ0v) is 18.7. The van der Waals surface area contributed by atoms with Gasteiger partial charge in [-0.3, -0.25) is 0 Å². The lowest BCUT2D eigenvalue weighted by Gasteiger charge is -2.10. The maximum absolute atomic E-state index is 5.41. The van der Waals surface area contributed by atoms with Crippen molar-refractivity contribution in [2.75, 3.05) is 20.3 Å². The van der Waals surface area contributed by atoms with Crippen LogP contribution in [0.1, 0.15) is 12.5 Å². The van der Waals surface area contributed by atoms with E-state index in [-0.39, 0.29) is 0 Å². The molecule has 7 heteroatoms. The lowest BCUT2D eigenvalue weighted by molar-refractivity contribution is 0.188.